The van der Waals surface area contributed by atoms with Crippen LogP contribution >= 0.6 is 0 Å². The standard InChI is InChI=1S/C10H16O2/c1-7(11)10(12)6-8-3-4-9(10,2)5-8/h8,12H,3-6H2,1-2H3. The van der Waals surface area contributed by atoms with Gasteiger partial charge in [-0.2, -0.15) is 0 Å². The van der Waals surface area contributed by atoms with Crippen LogP contribution in [0.2, 0.25) is 0 Å². The Morgan fingerprint density at radius 2 is 2.17 bits per heavy atom. The lowest BCUT2D eigenvalue weighted by atomic mass is 9.71. The van der Waals surface area contributed by atoms with Crippen molar-refractivity contribution in [2.75, 3.05) is 0 Å². The summed E-state index contributed by atoms with van der Waals surface area (Å²) in [5.41, 5.74) is -1.10. The molecular formula is C10H16O2. The van der Waals surface area contributed by atoms with Gasteiger partial charge in [0.1, 0.15) is 5.60 Å². The highest BCUT2D eigenvalue weighted by molar-refractivity contribution is 5.86. The molecule has 0 radical (unpaired) electrons. The summed E-state index contributed by atoms with van der Waals surface area (Å²) in [5.74, 6) is 0.566. The van der Waals surface area contributed by atoms with Crippen LogP contribution in [-0.2, 0) is 4.79 Å². The molecule has 0 heterocycles. The number of carbonyl (C=O) groups excluding carboxylic acids is 1. The smallest absolute Gasteiger partial charge is 0.161 e. The highest BCUT2D eigenvalue weighted by Gasteiger charge is 2.60. The zero-order valence-corrected chi connectivity index (χ0v) is 7.76. The Labute approximate surface area is 73.0 Å². The van der Waals surface area contributed by atoms with Gasteiger partial charge in [-0.15, -0.1) is 0 Å². The molecule has 2 aliphatic carbocycles. The van der Waals surface area contributed by atoms with Gasteiger partial charge in [0.15, 0.2) is 5.78 Å². The molecule has 3 unspecified atom stereocenters. The largest absolute Gasteiger partial charge is 0.382 e. The lowest BCUT2D eigenvalue weighted by Crippen LogP contribution is -2.48. The van der Waals surface area contributed by atoms with Gasteiger partial charge in [0.2, 0.25) is 0 Å². The van der Waals surface area contributed by atoms with E-state index in [9.17, 15) is 9.90 Å². The maximum absolute atomic E-state index is 11.3. The van der Waals surface area contributed by atoms with Crippen molar-refractivity contribution in [2.45, 2.75) is 45.1 Å². The highest BCUT2D eigenvalue weighted by atomic mass is 16.3. The van der Waals surface area contributed by atoms with Crippen molar-refractivity contribution in [2.24, 2.45) is 11.3 Å². The number of carbonyl (C=O) groups is 1. The fraction of sp³-hybridized carbons (Fsp3) is 0.900. The van der Waals surface area contributed by atoms with Crippen LogP contribution < -0.4 is 0 Å². The van der Waals surface area contributed by atoms with E-state index in [0.29, 0.717) is 12.3 Å². The minimum Gasteiger partial charge on any atom is -0.382 e. The number of rotatable bonds is 1. The van der Waals surface area contributed by atoms with Crippen molar-refractivity contribution >= 4 is 5.78 Å². The van der Waals surface area contributed by atoms with E-state index in [1.165, 1.54) is 13.3 Å². The fourth-order valence-electron chi connectivity index (χ4n) is 3.15. The zero-order chi connectivity index (χ0) is 8.98. The van der Waals surface area contributed by atoms with Crippen molar-refractivity contribution in [1.82, 2.24) is 0 Å². The molecule has 0 amide bonds. The van der Waals surface area contributed by atoms with Gasteiger partial charge < -0.3 is 5.11 Å². The molecule has 3 atom stereocenters. The van der Waals surface area contributed by atoms with Crippen LogP contribution in [0.3, 0.4) is 0 Å². The summed E-state index contributed by atoms with van der Waals surface area (Å²) in [6, 6.07) is 0. The third-order valence-corrected chi connectivity index (χ3v) is 4.01. The monoisotopic (exact) mass is 168 g/mol. The van der Waals surface area contributed by atoms with Crippen LogP contribution in [0.5, 0.6) is 0 Å². The van der Waals surface area contributed by atoms with Crippen molar-refractivity contribution < 1.29 is 9.90 Å². The first-order valence-corrected chi connectivity index (χ1v) is 4.71. The molecule has 0 aromatic carbocycles. The molecule has 0 aliphatic heterocycles. The van der Waals surface area contributed by atoms with Gasteiger partial charge in [-0.3, -0.25) is 4.79 Å². The third kappa shape index (κ3) is 0.764. The summed E-state index contributed by atoms with van der Waals surface area (Å²) >= 11 is 0. The molecule has 2 fully saturated rings. The van der Waals surface area contributed by atoms with Gasteiger partial charge in [0.25, 0.3) is 0 Å². The topological polar surface area (TPSA) is 37.3 Å². The van der Waals surface area contributed by atoms with E-state index < -0.39 is 5.60 Å². The molecule has 1 N–H and O–H groups in total. The molecule has 0 saturated heterocycles. The van der Waals surface area contributed by atoms with E-state index in [2.05, 4.69) is 6.92 Å². The van der Waals surface area contributed by atoms with Gasteiger partial charge in [-0.25, -0.2) is 0 Å². The Morgan fingerprint density at radius 3 is 2.42 bits per heavy atom. The van der Waals surface area contributed by atoms with Crippen LogP contribution in [0.15, 0.2) is 0 Å². The fourth-order valence-corrected chi connectivity index (χ4v) is 3.15. The van der Waals surface area contributed by atoms with Crippen LogP contribution in [0.4, 0.5) is 0 Å². The Morgan fingerprint density at radius 1 is 1.50 bits per heavy atom. The summed E-state index contributed by atoms with van der Waals surface area (Å²) in [6.45, 7) is 3.58. The summed E-state index contributed by atoms with van der Waals surface area (Å²) in [4.78, 5) is 11.3. The maximum atomic E-state index is 11.3. The lowest BCUT2D eigenvalue weighted by molar-refractivity contribution is -0.148. The molecule has 68 valence electrons. The molecule has 0 aromatic rings. The van der Waals surface area contributed by atoms with Crippen molar-refractivity contribution in [3.63, 3.8) is 0 Å². The molecule has 0 spiro atoms. The van der Waals surface area contributed by atoms with Crippen molar-refractivity contribution in [1.29, 1.82) is 0 Å². The van der Waals surface area contributed by atoms with Crippen LogP contribution in [0, 0.1) is 11.3 Å². The van der Waals surface area contributed by atoms with Crippen LogP contribution in [0.1, 0.15) is 39.5 Å². The number of hydrogen-bond acceptors (Lipinski definition) is 2. The summed E-state index contributed by atoms with van der Waals surface area (Å²) in [6.07, 6.45) is 3.97. The number of ketones is 1. The second kappa shape index (κ2) is 2.11. The minimum absolute atomic E-state index is 0.0350. The van der Waals surface area contributed by atoms with E-state index >= 15 is 0 Å². The summed E-state index contributed by atoms with van der Waals surface area (Å²) in [5, 5.41) is 10.2. The Kier molecular flexibility index (Phi) is 1.45. The normalized spacial score (nSPS) is 51.4. The first kappa shape index (κ1) is 8.24. The number of Topliss-reactive ketones (excluding diaryl/α,β-unsaturated/α-hetero) is 1. The van der Waals surface area contributed by atoms with Crippen molar-refractivity contribution in [3.05, 3.63) is 0 Å². The Hall–Kier alpha value is -0.370. The zero-order valence-electron chi connectivity index (χ0n) is 7.76. The van der Waals surface area contributed by atoms with Gasteiger partial charge in [0.05, 0.1) is 0 Å². The van der Waals surface area contributed by atoms with E-state index in [1.807, 2.05) is 0 Å². The number of aliphatic hydroxyl groups is 1. The molecule has 0 aromatic heterocycles. The molecule has 2 rings (SSSR count). The molecular weight excluding hydrogens is 152 g/mol. The minimum atomic E-state index is -0.990. The maximum Gasteiger partial charge on any atom is 0.161 e. The van der Waals surface area contributed by atoms with E-state index in [4.69, 9.17) is 0 Å². The second-order valence-electron chi connectivity index (χ2n) is 4.79. The van der Waals surface area contributed by atoms with Crippen LogP contribution in [0.25, 0.3) is 0 Å². The van der Waals surface area contributed by atoms with Crippen LogP contribution in [-0.4, -0.2) is 16.5 Å². The molecule has 2 aliphatic rings. The molecule has 2 nitrogen and oxygen atoms in total. The second-order valence-corrected chi connectivity index (χ2v) is 4.79. The van der Waals surface area contributed by atoms with Gasteiger partial charge in [0, 0.05) is 5.41 Å². The molecule has 12 heavy (non-hydrogen) atoms. The van der Waals surface area contributed by atoms with E-state index in [1.54, 1.807) is 0 Å². The Bertz CT molecular complexity index is 236. The van der Waals surface area contributed by atoms with Gasteiger partial charge in [-0.05, 0) is 38.5 Å². The van der Waals surface area contributed by atoms with E-state index in [0.717, 1.165) is 12.8 Å². The SMILES string of the molecule is CC(=O)C1(O)CC2CCC1(C)C2. The number of hydrogen-bond donors (Lipinski definition) is 1. The molecule has 2 saturated carbocycles. The summed E-state index contributed by atoms with van der Waals surface area (Å²) in [7, 11) is 0. The summed E-state index contributed by atoms with van der Waals surface area (Å²) < 4.78 is 0. The average molecular weight is 168 g/mol. The first-order valence-electron chi connectivity index (χ1n) is 4.71. The van der Waals surface area contributed by atoms with Gasteiger partial charge in [-0.1, -0.05) is 6.92 Å². The Balaban J connectivity index is 2.35. The average Bonchev–Trinajstić information content (AvgIpc) is 2.42. The van der Waals surface area contributed by atoms with E-state index in [-0.39, 0.29) is 11.2 Å². The molecule has 2 bridgehead atoms. The van der Waals surface area contributed by atoms with Crippen molar-refractivity contribution in [3.8, 4) is 0 Å². The third-order valence-electron chi connectivity index (χ3n) is 4.01. The molecule has 2 heteroatoms. The first-order chi connectivity index (χ1) is 5.48. The quantitative estimate of drug-likeness (QED) is 0.644. The predicted molar refractivity (Wildman–Crippen MR) is 45.7 cm³/mol. The van der Waals surface area contributed by atoms with Gasteiger partial charge >= 0.3 is 0 Å². The predicted octanol–water partition coefficient (Wildman–Crippen LogP) is 1.52. The number of fused-ring (bicyclic) bond motifs is 2. The lowest BCUT2D eigenvalue weighted by Gasteiger charge is -2.38. The highest BCUT2D eigenvalue weighted by Crippen LogP contribution is 2.59.